The average Bonchev–Trinajstić information content (AvgIpc) is 2.81. The highest BCUT2D eigenvalue weighted by atomic mass is 35.5. The van der Waals surface area contributed by atoms with Gasteiger partial charge in [-0.1, -0.05) is 29.3 Å². The lowest BCUT2D eigenvalue weighted by molar-refractivity contribution is 0.110. The second-order valence-corrected chi connectivity index (χ2v) is 6.63. The Bertz CT molecular complexity index is 410. The van der Waals surface area contributed by atoms with Gasteiger partial charge in [0.15, 0.2) is 0 Å². The number of aliphatic hydroxyl groups excluding tert-OH is 1. The van der Waals surface area contributed by atoms with Crippen LogP contribution in [0.25, 0.3) is 0 Å². The summed E-state index contributed by atoms with van der Waals surface area (Å²) in [7, 11) is 2.06. The van der Waals surface area contributed by atoms with Crippen molar-refractivity contribution in [3.05, 3.63) is 33.8 Å². The maximum Gasteiger partial charge on any atom is 0.0931 e. The highest BCUT2D eigenvalue weighted by Gasteiger charge is 2.23. The van der Waals surface area contributed by atoms with Gasteiger partial charge in [-0.05, 0) is 31.4 Å². The van der Waals surface area contributed by atoms with Crippen LogP contribution in [0.3, 0.4) is 0 Å². The molecule has 1 aromatic carbocycles. The van der Waals surface area contributed by atoms with E-state index in [-0.39, 0.29) is 0 Å². The van der Waals surface area contributed by atoms with Crippen molar-refractivity contribution in [2.45, 2.75) is 18.6 Å². The fourth-order valence-electron chi connectivity index (χ4n) is 2.16. The van der Waals surface area contributed by atoms with Crippen LogP contribution in [0.15, 0.2) is 18.2 Å². The fourth-order valence-corrected chi connectivity index (χ4v) is 3.99. The second-order valence-electron chi connectivity index (χ2n) is 4.64. The maximum atomic E-state index is 10.2. The van der Waals surface area contributed by atoms with Gasteiger partial charge in [-0.3, -0.25) is 4.90 Å². The van der Waals surface area contributed by atoms with Crippen molar-refractivity contribution in [3.8, 4) is 0 Å². The number of likely N-dealkylation sites (N-methyl/N-ethyl adjacent to an activating group) is 1. The van der Waals surface area contributed by atoms with Gasteiger partial charge in [0.05, 0.1) is 6.10 Å². The number of thioether (sulfide) groups is 1. The summed E-state index contributed by atoms with van der Waals surface area (Å²) in [5, 5.41) is 11.4. The first-order valence-corrected chi connectivity index (χ1v) is 7.90. The van der Waals surface area contributed by atoms with E-state index in [1.807, 2.05) is 11.8 Å². The van der Waals surface area contributed by atoms with Crippen molar-refractivity contribution in [2.75, 3.05) is 25.1 Å². The largest absolute Gasteiger partial charge is 0.387 e. The molecule has 1 aliphatic rings. The van der Waals surface area contributed by atoms with E-state index in [1.54, 1.807) is 18.2 Å². The Balaban J connectivity index is 2.00. The van der Waals surface area contributed by atoms with E-state index in [2.05, 4.69) is 11.9 Å². The van der Waals surface area contributed by atoms with Crippen LogP contribution in [-0.4, -0.2) is 41.1 Å². The number of rotatable bonds is 4. The van der Waals surface area contributed by atoms with Gasteiger partial charge >= 0.3 is 0 Å². The Kier molecular flexibility index (Phi) is 5.22. The van der Waals surface area contributed by atoms with Crippen molar-refractivity contribution in [1.82, 2.24) is 4.90 Å². The lowest BCUT2D eigenvalue weighted by atomic mass is 10.1. The molecule has 0 amide bonds. The number of hydrogen-bond acceptors (Lipinski definition) is 3. The minimum atomic E-state index is -0.564. The van der Waals surface area contributed by atoms with Gasteiger partial charge in [0.25, 0.3) is 0 Å². The summed E-state index contributed by atoms with van der Waals surface area (Å²) in [6.45, 7) is 0.604. The van der Waals surface area contributed by atoms with E-state index >= 15 is 0 Å². The molecule has 1 fully saturated rings. The molecule has 18 heavy (non-hydrogen) atoms. The van der Waals surface area contributed by atoms with Crippen LogP contribution < -0.4 is 0 Å². The minimum Gasteiger partial charge on any atom is -0.387 e. The zero-order valence-corrected chi connectivity index (χ0v) is 12.6. The Morgan fingerprint density at radius 3 is 2.89 bits per heavy atom. The minimum absolute atomic E-state index is 0.532. The molecule has 1 aliphatic heterocycles. The molecule has 2 nitrogen and oxygen atoms in total. The third kappa shape index (κ3) is 3.55. The van der Waals surface area contributed by atoms with Crippen molar-refractivity contribution in [1.29, 1.82) is 0 Å². The third-order valence-electron chi connectivity index (χ3n) is 3.31. The smallest absolute Gasteiger partial charge is 0.0931 e. The monoisotopic (exact) mass is 305 g/mol. The predicted molar refractivity (Wildman–Crippen MR) is 79.8 cm³/mol. The normalized spacial score (nSPS) is 21.5. The lowest BCUT2D eigenvalue weighted by Crippen LogP contribution is -2.34. The van der Waals surface area contributed by atoms with E-state index in [9.17, 15) is 5.11 Å². The van der Waals surface area contributed by atoms with Crippen molar-refractivity contribution in [3.63, 3.8) is 0 Å². The summed E-state index contributed by atoms with van der Waals surface area (Å²) in [6.07, 6.45) is 0.632. The third-order valence-corrected chi connectivity index (χ3v) is 5.02. The van der Waals surface area contributed by atoms with E-state index in [4.69, 9.17) is 23.2 Å². The molecular weight excluding hydrogens is 289 g/mol. The molecule has 100 valence electrons. The van der Waals surface area contributed by atoms with Gasteiger partial charge in [0.1, 0.15) is 0 Å². The van der Waals surface area contributed by atoms with Gasteiger partial charge in [0, 0.05) is 33.9 Å². The van der Waals surface area contributed by atoms with E-state index in [0.717, 1.165) is 11.3 Å². The maximum absolute atomic E-state index is 10.2. The molecule has 0 aliphatic carbocycles. The number of aliphatic hydroxyl groups is 1. The van der Waals surface area contributed by atoms with Gasteiger partial charge < -0.3 is 5.11 Å². The molecule has 2 unspecified atom stereocenters. The summed E-state index contributed by atoms with van der Waals surface area (Å²) in [5.41, 5.74) is 0.749. The molecule has 0 saturated carbocycles. The van der Waals surface area contributed by atoms with Crippen LogP contribution >= 0.6 is 35.0 Å². The molecule has 2 atom stereocenters. The van der Waals surface area contributed by atoms with E-state index < -0.39 is 6.10 Å². The summed E-state index contributed by atoms with van der Waals surface area (Å²) >= 11 is 13.9. The lowest BCUT2D eigenvalue weighted by Gasteiger charge is -2.26. The number of benzene rings is 1. The number of halogens is 2. The van der Waals surface area contributed by atoms with Crippen LogP contribution in [0.1, 0.15) is 18.1 Å². The standard InChI is InChI=1S/C13H17Cl2NOS/c1-16(10-4-5-18-8-10)7-13(17)11-3-2-9(14)6-12(11)15/h2-3,6,10,13,17H,4-5,7-8H2,1H3. The molecule has 0 radical (unpaired) electrons. The topological polar surface area (TPSA) is 23.5 Å². The molecule has 1 heterocycles. The van der Waals surface area contributed by atoms with Gasteiger partial charge in [-0.15, -0.1) is 0 Å². The van der Waals surface area contributed by atoms with Crippen LogP contribution in [0.5, 0.6) is 0 Å². The molecular formula is C13H17Cl2NOS. The van der Waals surface area contributed by atoms with Crippen LogP contribution in [0, 0.1) is 0 Å². The highest BCUT2D eigenvalue weighted by Crippen LogP contribution is 2.28. The summed E-state index contributed by atoms with van der Waals surface area (Å²) < 4.78 is 0. The van der Waals surface area contributed by atoms with Crippen molar-refractivity contribution in [2.24, 2.45) is 0 Å². The van der Waals surface area contributed by atoms with Gasteiger partial charge in [0.2, 0.25) is 0 Å². The quantitative estimate of drug-likeness (QED) is 0.921. The summed E-state index contributed by atoms with van der Waals surface area (Å²) in [6, 6.07) is 5.80. The summed E-state index contributed by atoms with van der Waals surface area (Å²) in [4.78, 5) is 2.22. The van der Waals surface area contributed by atoms with Crippen molar-refractivity contribution < 1.29 is 5.11 Å². The van der Waals surface area contributed by atoms with Gasteiger partial charge in [-0.25, -0.2) is 0 Å². The van der Waals surface area contributed by atoms with E-state index in [0.29, 0.717) is 22.6 Å². The molecule has 5 heteroatoms. The number of hydrogen-bond donors (Lipinski definition) is 1. The SMILES string of the molecule is CN(CC(O)c1ccc(Cl)cc1Cl)C1CCSC1. The first-order valence-electron chi connectivity index (χ1n) is 5.99. The number of nitrogens with zero attached hydrogens (tertiary/aromatic N) is 1. The Morgan fingerprint density at radius 2 is 2.28 bits per heavy atom. The zero-order chi connectivity index (χ0) is 13.1. The fraction of sp³-hybridized carbons (Fsp3) is 0.538. The molecule has 2 rings (SSSR count). The highest BCUT2D eigenvalue weighted by molar-refractivity contribution is 7.99. The average molecular weight is 306 g/mol. The van der Waals surface area contributed by atoms with E-state index in [1.165, 1.54) is 12.2 Å². The second kappa shape index (κ2) is 6.49. The Labute approximate surface area is 122 Å². The predicted octanol–water partition coefficient (Wildman–Crippen LogP) is 3.46. The molecule has 1 N–H and O–H groups in total. The molecule has 1 aromatic rings. The zero-order valence-electron chi connectivity index (χ0n) is 10.3. The first-order chi connectivity index (χ1) is 8.58. The molecule has 0 spiro atoms. The van der Waals surface area contributed by atoms with Crippen LogP contribution in [-0.2, 0) is 0 Å². The molecule has 0 bridgehead atoms. The van der Waals surface area contributed by atoms with Crippen LogP contribution in [0.4, 0.5) is 0 Å². The summed E-state index contributed by atoms with van der Waals surface area (Å²) in [5.74, 6) is 2.37. The Morgan fingerprint density at radius 1 is 1.50 bits per heavy atom. The first kappa shape index (κ1) is 14.5. The van der Waals surface area contributed by atoms with Crippen LogP contribution in [0.2, 0.25) is 10.0 Å². The Hall–Kier alpha value is 0.0700. The molecule has 0 aromatic heterocycles. The van der Waals surface area contributed by atoms with Crippen molar-refractivity contribution >= 4 is 35.0 Å². The molecule has 1 saturated heterocycles. The van der Waals surface area contributed by atoms with Gasteiger partial charge in [-0.2, -0.15) is 11.8 Å².